The lowest BCUT2D eigenvalue weighted by Gasteiger charge is -2.06. The molecule has 6 rings (SSSR count). The van der Waals surface area contributed by atoms with Gasteiger partial charge in [-0.05, 0) is 40.9 Å². The van der Waals surface area contributed by atoms with Gasteiger partial charge < -0.3 is 0 Å². The van der Waals surface area contributed by atoms with E-state index in [1.165, 1.54) is 31.3 Å². The molecule has 0 amide bonds. The van der Waals surface area contributed by atoms with Gasteiger partial charge in [-0.15, -0.1) is 11.3 Å². The van der Waals surface area contributed by atoms with Gasteiger partial charge in [0.1, 0.15) is 0 Å². The van der Waals surface area contributed by atoms with Gasteiger partial charge in [0.05, 0.1) is 11.2 Å². The van der Waals surface area contributed by atoms with Crippen LogP contribution in [0.25, 0.3) is 53.5 Å². The smallest absolute Gasteiger partial charge is 0.218 e. The summed E-state index contributed by atoms with van der Waals surface area (Å²) < 4.78 is 2.53. The van der Waals surface area contributed by atoms with Crippen molar-refractivity contribution in [1.29, 1.82) is 0 Å². The first-order valence-corrected chi connectivity index (χ1v) is 10.9. The fourth-order valence-corrected chi connectivity index (χ4v) is 5.36. The van der Waals surface area contributed by atoms with Gasteiger partial charge in [0.25, 0.3) is 0 Å². The largest absolute Gasteiger partial charge is 0.223 e. The Bertz CT molecular complexity index is 1550. The van der Waals surface area contributed by atoms with Gasteiger partial charge in [0.2, 0.25) is 5.28 Å². The number of para-hydroxylation sites is 1. The normalized spacial score (nSPS) is 11.5. The highest BCUT2D eigenvalue weighted by atomic mass is 35.5. The Balaban J connectivity index is 1.54. The van der Waals surface area contributed by atoms with Crippen LogP contribution in [0.2, 0.25) is 5.28 Å². The van der Waals surface area contributed by atoms with Crippen LogP contribution in [0.15, 0.2) is 91.0 Å². The first-order valence-electron chi connectivity index (χ1n) is 9.71. The topological polar surface area (TPSA) is 25.8 Å². The second-order valence-electron chi connectivity index (χ2n) is 7.25. The van der Waals surface area contributed by atoms with E-state index in [-0.39, 0.29) is 5.28 Å². The first kappa shape index (κ1) is 17.6. The molecule has 0 unspecified atom stereocenters. The van der Waals surface area contributed by atoms with Crippen molar-refractivity contribution in [2.75, 3.05) is 0 Å². The molecular weight excluding hydrogens is 408 g/mol. The third kappa shape index (κ3) is 2.86. The lowest BCUT2D eigenvalue weighted by atomic mass is 10.0. The highest BCUT2D eigenvalue weighted by Gasteiger charge is 2.12. The molecule has 0 aliphatic rings. The SMILES string of the molecule is Clc1nc(-c2ccc3c(c2)sc2cc(-c4ccccc4)ccc23)c2ccccc2n1. The van der Waals surface area contributed by atoms with Crippen LogP contribution < -0.4 is 0 Å². The number of hydrogen-bond acceptors (Lipinski definition) is 3. The fraction of sp³-hybridized carbons (Fsp3) is 0. The van der Waals surface area contributed by atoms with Crippen molar-refractivity contribution in [3.63, 3.8) is 0 Å². The van der Waals surface area contributed by atoms with Crippen molar-refractivity contribution in [3.8, 4) is 22.4 Å². The van der Waals surface area contributed by atoms with Crippen molar-refractivity contribution >= 4 is 54.0 Å². The van der Waals surface area contributed by atoms with E-state index in [0.29, 0.717) is 0 Å². The lowest BCUT2D eigenvalue weighted by Crippen LogP contribution is -1.90. The maximum atomic E-state index is 6.21. The number of hydrogen-bond donors (Lipinski definition) is 0. The van der Waals surface area contributed by atoms with E-state index < -0.39 is 0 Å². The molecule has 0 saturated carbocycles. The summed E-state index contributed by atoms with van der Waals surface area (Å²) in [6.45, 7) is 0. The second kappa shape index (κ2) is 6.91. The number of aromatic nitrogens is 2. The number of nitrogens with zero attached hydrogens (tertiary/aromatic N) is 2. The highest BCUT2D eigenvalue weighted by Crippen LogP contribution is 2.39. The summed E-state index contributed by atoms with van der Waals surface area (Å²) in [6.07, 6.45) is 0. The molecule has 2 aromatic heterocycles. The van der Waals surface area contributed by atoms with Crippen LogP contribution in [0, 0.1) is 0 Å². The predicted molar refractivity (Wildman–Crippen MR) is 128 cm³/mol. The van der Waals surface area contributed by atoms with Crippen LogP contribution in [-0.2, 0) is 0 Å². The molecule has 0 fully saturated rings. The lowest BCUT2D eigenvalue weighted by molar-refractivity contribution is 1.23. The monoisotopic (exact) mass is 422 g/mol. The van der Waals surface area contributed by atoms with Crippen LogP contribution in [-0.4, -0.2) is 9.97 Å². The van der Waals surface area contributed by atoms with E-state index in [2.05, 4.69) is 70.6 Å². The molecular formula is C26H15ClN2S. The third-order valence-corrected chi connectivity index (χ3v) is 6.71. The molecule has 2 heterocycles. The van der Waals surface area contributed by atoms with Crippen molar-refractivity contribution < 1.29 is 0 Å². The minimum atomic E-state index is 0.271. The molecule has 0 saturated heterocycles. The zero-order valence-corrected chi connectivity index (χ0v) is 17.4. The zero-order chi connectivity index (χ0) is 20.1. The van der Waals surface area contributed by atoms with E-state index in [1.54, 1.807) is 0 Å². The third-order valence-electron chi connectivity index (χ3n) is 5.43. The Morgan fingerprint density at radius 2 is 1.23 bits per heavy atom. The summed E-state index contributed by atoms with van der Waals surface area (Å²) in [7, 11) is 0. The number of thiophene rings is 1. The Kier molecular flexibility index (Phi) is 4.05. The maximum absolute atomic E-state index is 6.21. The number of halogens is 1. The van der Waals surface area contributed by atoms with Gasteiger partial charge >= 0.3 is 0 Å². The molecule has 0 aliphatic carbocycles. The quantitative estimate of drug-likeness (QED) is 0.264. The van der Waals surface area contributed by atoms with Crippen molar-refractivity contribution in [3.05, 3.63) is 96.3 Å². The van der Waals surface area contributed by atoms with Gasteiger partial charge in [-0.3, -0.25) is 0 Å². The maximum Gasteiger partial charge on any atom is 0.223 e. The molecule has 0 bridgehead atoms. The van der Waals surface area contributed by atoms with Gasteiger partial charge in [-0.25, -0.2) is 9.97 Å². The van der Waals surface area contributed by atoms with E-state index >= 15 is 0 Å². The fourth-order valence-electron chi connectivity index (χ4n) is 4.00. The number of fused-ring (bicyclic) bond motifs is 4. The summed E-state index contributed by atoms with van der Waals surface area (Å²) >= 11 is 8.02. The molecule has 0 N–H and O–H groups in total. The summed E-state index contributed by atoms with van der Waals surface area (Å²) in [5, 5.41) is 3.83. The standard InChI is InChI=1S/C26H15ClN2S/c27-26-28-22-9-5-4-8-21(22)25(29-26)18-11-13-20-19-12-10-17(16-6-2-1-3-7-16)14-23(19)30-24(20)15-18/h1-15H. The summed E-state index contributed by atoms with van der Waals surface area (Å²) in [5.41, 5.74) is 5.26. The van der Waals surface area contributed by atoms with E-state index in [1.807, 2.05) is 41.7 Å². The Labute approximate surface area is 182 Å². The minimum Gasteiger partial charge on any atom is -0.218 e. The van der Waals surface area contributed by atoms with Gasteiger partial charge in [-0.2, -0.15) is 0 Å². The van der Waals surface area contributed by atoms with Gasteiger partial charge in [-0.1, -0.05) is 72.8 Å². The van der Waals surface area contributed by atoms with Crippen LogP contribution in [0.1, 0.15) is 0 Å². The predicted octanol–water partition coefficient (Wildman–Crippen LogP) is 7.99. The van der Waals surface area contributed by atoms with Crippen molar-refractivity contribution in [2.24, 2.45) is 0 Å². The van der Waals surface area contributed by atoms with E-state index in [9.17, 15) is 0 Å². The van der Waals surface area contributed by atoms with Crippen LogP contribution >= 0.6 is 22.9 Å². The molecule has 2 nitrogen and oxygen atoms in total. The van der Waals surface area contributed by atoms with Crippen LogP contribution in [0.5, 0.6) is 0 Å². The molecule has 6 aromatic rings. The summed E-state index contributed by atoms with van der Waals surface area (Å²) in [6, 6.07) is 31.7. The number of rotatable bonds is 2. The first-order chi connectivity index (χ1) is 14.8. The molecule has 4 aromatic carbocycles. The van der Waals surface area contributed by atoms with Crippen molar-refractivity contribution in [2.45, 2.75) is 0 Å². The average Bonchev–Trinajstić information content (AvgIpc) is 3.16. The molecule has 0 spiro atoms. The average molecular weight is 423 g/mol. The van der Waals surface area contributed by atoms with E-state index in [4.69, 9.17) is 11.6 Å². The molecule has 4 heteroatoms. The second-order valence-corrected chi connectivity index (χ2v) is 8.67. The minimum absolute atomic E-state index is 0.271. The summed E-state index contributed by atoms with van der Waals surface area (Å²) in [4.78, 5) is 8.90. The molecule has 0 radical (unpaired) electrons. The van der Waals surface area contributed by atoms with Crippen LogP contribution in [0.4, 0.5) is 0 Å². The Morgan fingerprint density at radius 1 is 0.567 bits per heavy atom. The molecule has 30 heavy (non-hydrogen) atoms. The number of benzene rings is 4. The van der Waals surface area contributed by atoms with Gasteiger partial charge in [0.15, 0.2) is 0 Å². The highest BCUT2D eigenvalue weighted by molar-refractivity contribution is 7.25. The zero-order valence-electron chi connectivity index (χ0n) is 15.8. The Hall–Kier alpha value is -3.27. The molecule has 0 aliphatic heterocycles. The molecule has 142 valence electrons. The van der Waals surface area contributed by atoms with Gasteiger partial charge in [0, 0.05) is 31.1 Å². The Morgan fingerprint density at radius 3 is 2.03 bits per heavy atom. The van der Waals surface area contributed by atoms with Crippen molar-refractivity contribution in [1.82, 2.24) is 9.97 Å². The molecule has 0 atom stereocenters. The van der Waals surface area contributed by atoms with E-state index in [0.717, 1.165) is 22.2 Å². The summed E-state index contributed by atoms with van der Waals surface area (Å²) in [5.74, 6) is 0. The van der Waals surface area contributed by atoms with Crippen LogP contribution in [0.3, 0.4) is 0 Å².